The Morgan fingerprint density at radius 3 is 2.10 bits per heavy atom. The zero-order valence-electron chi connectivity index (χ0n) is 20.6. The number of hydrazone groups is 1. The minimum absolute atomic E-state index is 0. The Kier molecular flexibility index (Phi) is 10.4. The molecule has 3 aromatic rings. The van der Waals surface area contributed by atoms with Crippen LogP contribution in [-0.2, 0) is 20.2 Å². The van der Waals surface area contributed by atoms with Gasteiger partial charge in [-0.1, -0.05) is 18.2 Å². The van der Waals surface area contributed by atoms with Crippen molar-refractivity contribution in [3.05, 3.63) is 64.7 Å². The number of carbonyl (C=O) groups excluding carboxylic acids is 4. The van der Waals surface area contributed by atoms with Crippen LogP contribution in [0.5, 0.6) is 0 Å². The number of nitrogen functional groups attached to an aromatic ring is 1. The molecule has 4 rings (SSSR count). The van der Waals surface area contributed by atoms with Crippen LogP contribution in [0.1, 0.15) is 36.6 Å². The molecule has 0 bridgehead atoms. The molecule has 0 spiro atoms. The largest absolute Gasteiger partial charge is 1.00 e. The van der Waals surface area contributed by atoms with Gasteiger partial charge in [-0.3, -0.25) is 14.4 Å². The second-order valence-corrected chi connectivity index (χ2v) is 10.4. The molecule has 1 heterocycles. The third-order valence-corrected chi connectivity index (χ3v) is 6.97. The van der Waals surface area contributed by atoms with Gasteiger partial charge >= 0.3 is 65.1 Å². The van der Waals surface area contributed by atoms with E-state index >= 15 is 0 Å². The number of nitrogens with one attached hydrogen (secondary N) is 2. The van der Waals surface area contributed by atoms with E-state index in [-0.39, 0.29) is 69.5 Å². The molecule has 3 aromatic carbocycles. The van der Waals surface area contributed by atoms with Gasteiger partial charge in [0, 0.05) is 16.3 Å². The van der Waals surface area contributed by atoms with Crippen LogP contribution in [0.2, 0.25) is 0 Å². The molecule has 4 amide bonds. The number of aldehydes is 1. The Balaban J connectivity index is 0.00000280. The smallest absolute Gasteiger partial charge is 0.744 e. The normalized spacial score (nSPS) is 13.0. The molecule has 0 saturated carbocycles. The van der Waals surface area contributed by atoms with Gasteiger partial charge in [-0.25, -0.2) is 32.5 Å². The fourth-order valence-corrected chi connectivity index (χ4v) is 4.83. The van der Waals surface area contributed by atoms with Crippen LogP contribution in [0.25, 0.3) is 10.8 Å². The SMILES string of the molecule is Nc1c(S(=O)(=O)[O-])cc2c3c(cc(S(=O)(=O)[O-])cc13)C(=O)N(NC(=O)N/N=C\c1cccc(C=O)c1)C2=O.[Na+].[Na+]. The van der Waals surface area contributed by atoms with Crippen LogP contribution < -0.4 is 75.7 Å². The number of hydrazine groups is 1. The van der Waals surface area contributed by atoms with Crippen molar-refractivity contribution >= 4 is 67.0 Å². The Morgan fingerprint density at radius 2 is 1.52 bits per heavy atom. The predicted octanol–water partition coefficient (Wildman–Crippen LogP) is -6.10. The summed E-state index contributed by atoms with van der Waals surface area (Å²) in [6, 6.07) is 6.67. The summed E-state index contributed by atoms with van der Waals surface area (Å²) in [6.07, 6.45) is 1.73. The first-order valence-electron chi connectivity index (χ1n) is 10.1. The van der Waals surface area contributed by atoms with Gasteiger partial charge in [-0.15, -0.1) is 0 Å². The van der Waals surface area contributed by atoms with Gasteiger partial charge in [0.15, 0.2) is 0 Å². The molecule has 4 N–H and O–H groups in total. The summed E-state index contributed by atoms with van der Waals surface area (Å²) < 4.78 is 70.2. The minimum atomic E-state index is -5.31. The van der Waals surface area contributed by atoms with Gasteiger partial charge in [-0.05, 0) is 29.8 Å². The molecule has 19 heteroatoms. The number of imide groups is 1. The number of nitrogens with two attached hydrogens (primary N) is 1. The number of hydrogen-bond donors (Lipinski definition) is 3. The molecule has 0 aromatic heterocycles. The van der Waals surface area contributed by atoms with Crippen molar-refractivity contribution in [2.75, 3.05) is 5.73 Å². The third-order valence-electron chi connectivity index (χ3n) is 5.28. The van der Waals surface area contributed by atoms with Crippen molar-refractivity contribution in [2.24, 2.45) is 5.10 Å². The first-order valence-corrected chi connectivity index (χ1v) is 12.9. The van der Waals surface area contributed by atoms with Crippen molar-refractivity contribution in [3.63, 3.8) is 0 Å². The maximum Gasteiger partial charge on any atom is 1.00 e. The van der Waals surface area contributed by atoms with E-state index < -0.39 is 70.1 Å². The fourth-order valence-electron chi connectivity index (χ4n) is 3.66. The first kappa shape index (κ1) is 33.5. The van der Waals surface area contributed by atoms with E-state index in [0.717, 1.165) is 6.21 Å². The molecule has 196 valence electrons. The number of urea groups is 1. The monoisotopic (exact) mass is 605 g/mol. The van der Waals surface area contributed by atoms with Crippen molar-refractivity contribution < 1.29 is 104 Å². The number of amides is 4. The van der Waals surface area contributed by atoms with Crippen LogP contribution in [0, 0.1) is 0 Å². The molecule has 0 unspecified atom stereocenters. The molecule has 0 atom stereocenters. The summed E-state index contributed by atoms with van der Waals surface area (Å²) in [7, 11) is -10.5. The molecule has 0 fully saturated rings. The zero-order valence-corrected chi connectivity index (χ0v) is 26.2. The quantitative estimate of drug-likeness (QED) is 0.0454. The van der Waals surface area contributed by atoms with Gasteiger partial charge in [-0.2, -0.15) is 10.1 Å². The first-order chi connectivity index (χ1) is 17.7. The van der Waals surface area contributed by atoms with Crippen molar-refractivity contribution in [1.82, 2.24) is 15.9 Å². The summed E-state index contributed by atoms with van der Waals surface area (Å²) >= 11 is 0. The summed E-state index contributed by atoms with van der Waals surface area (Å²) in [6.45, 7) is 0. The van der Waals surface area contributed by atoms with E-state index in [1.54, 1.807) is 12.1 Å². The van der Waals surface area contributed by atoms with Crippen LogP contribution in [0.15, 0.2) is 57.4 Å². The minimum Gasteiger partial charge on any atom is -0.744 e. The molecule has 15 nitrogen and oxygen atoms in total. The van der Waals surface area contributed by atoms with Crippen LogP contribution in [-0.4, -0.2) is 61.3 Å². The Bertz CT molecular complexity index is 1810. The maximum atomic E-state index is 13.1. The second-order valence-electron chi connectivity index (χ2n) is 7.68. The molecule has 1 aliphatic rings. The van der Waals surface area contributed by atoms with Gasteiger partial charge in [0.25, 0.3) is 11.8 Å². The molecule has 40 heavy (non-hydrogen) atoms. The van der Waals surface area contributed by atoms with E-state index in [1.165, 1.54) is 12.1 Å². The Morgan fingerprint density at radius 1 is 0.925 bits per heavy atom. The van der Waals surface area contributed by atoms with E-state index in [0.29, 0.717) is 35.6 Å². The predicted molar refractivity (Wildman–Crippen MR) is 126 cm³/mol. The summed E-state index contributed by atoms with van der Waals surface area (Å²) in [4.78, 5) is 47.2. The van der Waals surface area contributed by atoms with E-state index in [9.17, 15) is 45.1 Å². The van der Waals surface area contributed by atoms with Gasteiger partial charge < -0.3 is 14.8 Å². The average molecular weight is 605 g/mol. The number of nitrogens with zero attached hydrogens (tertiary/aromatic N) is 2. The van der Waals surface area contributed by atoms with Crippen LogP contribution >= 0.6 is 0 Å². The van der Waals surface area contributed by atoms with Gasteiger partial charge in [0.2, 0.25) is 0 Å². The fraction of sp³-hybridized carbons (Fsp3) is 0. The molecule has 1 aliphatic heterocycles. The van der Waals surface area contributed by atoms with Crippen molar-refractivity contribution in [2.45, 2.75) is 9.79 Å². The van der Waals surface area contributed by atoms with E-state index in [1.807, 2.05) is 10.9 Å². The standard InChI is InChI=1S/C21H15N5O10S2.2Na/c22-18-13-5-12(37(31,32)33)6-14-17(13)15(7-16(18)38(34,35)36)20(29)26(19(14)28)25-21(30)24-23-8-10-2-1-3-11(4-10)9-27;;/h1-9H,22H2,(H2,24,25,30)(H,31,32,33)(H,34,35,36);;/q;2*+1/p-2/b23-8-;;. The molecule has 0 aliphatic carbocycles. The third kappa shape index (κ3) is 6.60. The summed E-state index contributed by atoms with van der Waals surface area (Å²) in [5, 5.41) is 2.87. The van der Waals surface area contributed by atoms with Crippen molar-refractivity contribution in [1.29, 1.82) is 0 Å². The Hall–Kier alpha value is -2.71. The maximum absolute atomic E-state index is 13.1. The average Bonchev–Trinajstić information content (AvgIpc) is 2.84. The molecule has 0 saturated heterocycles. The van der Waals surface area contributed by atoms with E-state index in [4.69, 9.17) is 5.73 Å². The Labute approximate surface area is 270 Å². The summed E-state index contributed by atoms with van der Waals surface area (Å²) in [5.41, 5.74) is 8.34. The van der Waals surface area contributed by atoms with Crippen LogP contribution in [0.3, 0.4) is 0 Å². The number of benzene rings is 3. The number of anilines is 1. The van der Waals surface area contributed by atoms with E-state index in [2.05, 4.69) is 5.10 Å². The zero-order chi connectivity index (χ0) is 28.0. The molecule has 0 radical (unpaired) electrons. The number of hydrogen-bond acceptors (Lipinski definition) is 12. The molecular weight excluding hydrogens is 592 g/mol. The van der Waals surface area contributed by atoms with Gasteiger partial charge in [0.1, 0.15) is 26.5 Å². The van der Waals surface area contributed by atoms with Crippen LogP contribution in [0.4, 0.5) is 10.5 Å². The topological polar surface area (TPSA) is 248 Å². The molecular formula is C21H13N5Na2O10S2. The van der Waals surface area contributed by atoms with Gasteiger partial charge in [0.05, 0.1) is 32.8 Å². The summed E-state index contributed by atoms with van der Waals surface area (Å²) in [5.74, 6) is -2.60. The number of carbonyl (C=O) groups is 4. The van der Waals surface area contributed by atoms with Crippen molar-refractivity contribution in [3.8, 4) is 0 Å². The number of rotatable bonds is 6. The second kappa shape index (κ2) is 12.4.